The molecule has 0 aliphatic carbocycles. The molecule has 0 fully saturated rings. The Bertz CT molecular complexity index is 954. The number of hydrogen-bond acceptors (Lipinski definition) is 3. The Balaban J connectivity index is 2.12. The Labute approximate surface area is 181 Å². The molecule has 2 aromatic carbocycles. The van der Waals surface area contributed by atoms with Crippen LogP contribution in [-0.2, 0) is 13.0 Å². The van der Waals surface area contributed by atoms with Gasteiger partial charge in [-0.25, -0.2) is 4.90 Å². The topological polar surface area (TPSA) is 32.8 Å². The molecule has 31 heavy (non-hydrogen) atoms. The second kappa shape index (κ2) is 8.91. The number of carbonyl (C=O) groups excluding carboxylic acids is 1. The molecule has 2 aromatic rings. The van der Waals surface area contributed by atoms with Gasteiger partial charge in [-0.3, -0.25) is 4.79 Å². The Kier molecular flexibility index (Phi) is 6.65. The minimum absolute atomic E-state index is 0.0330. The van der Waals surface area contributed by atoms with Gasteiger partial charge in [0.2, 0.25) is 0 Å². The van der Waals surface area contributed by atoms with Gasteiger partial charge >= 0.3 is 6.30 Å². The van der Waals surface area contributed by atoms with Gasteiger partial charge in [-0.1, -0.05) is 32.0 Å². The van der Waals surface area contributed by atoms with Gasteiger partial charge in [0.05, 0.1) is 17.4 Å². The third-order valence-corrected chi connectivity index (χ3v) is 5.40. The first kappa shape index (κ1) is 23.1. The molecule has 7 heteroatoms. The van der Waals surface area contributed by atoms with E-state index in [-0.39, 0.29) is 33.9 Å². The standard InChI is InChI=1S/C24H29F3N2O2/c1-15(2)17-9-10-20(22(13-17)31-16(3)4)23(30)29(24(25,26)27)21-8-6-7-18-14-28(5)12-11-19(18)21/h6-10,13,15-16H,11-12,14H2,1-5H3. The van der Waals surface area contributed by atoms with Gasteiger partial charge in [-0.2, -0.15) is 0 Å². The monoisotopic (exact) mass is 434 g/mol. The van der Waals surface area contributed by atoms with Crippen molar-refractivity contribution >= 4 is 11.6 Å². The molecule has 0 spiro atoms. The maximum Gasteiger partial charge on any atom is 0.491 e. The van der Waals surface area contributed by atoms with Crippen LogP contribution in [0.3, 0.4) is 0 Å². The third kappa shape index (κ3) is 5.03. The van der Waals surface area contributed by atoms with Crippen molar-refractivity contribution in [3.05, 3.63) is 58.7 Å². The molecule has 0 N–H and O–H groups in total. The highest BCUT2D eigenvalue weighted by atomic mass is 19.4. The molecule has 0 saturated heterocycles. The lowest BCUT2D eigenvalue weighted by molar-refractivity contribution is -0.122. The van der Waals surface area contributed by atoms with Gasteiger partial charge in [0.25, 0.3) is 5.91 Å². The number of rotatable bonds is 5. The van der Waals surface area contributed by atoms with E-state index in [1.165, 1.54) is 12.1 Å². The number of anilines is 1. The second-order valence-electron chi connectivity index (χ2n) is 8.59. The lowest BCUT2D eigenvalue weighted by Crippen LogP contribution is -2.44. The molecule has 0 saturated carbocycles. The van der Waals surface area contributed by atoms with Crippen molar-refractivity contribution in [2.24, 2.45) is 0 Å². The lowest BCUT2D eigenvalue weighted by atomic mass is 9.96. The van der Waals surface area contributed by atoms with Crippen LogP contribution < -0.4 is 9.64 Å². The summed E-state index contributed by atoms with van der Waals surface area (Å²) < 4.78 is 48.5. The van der Waals surface area contributed by atoms with Gasteiger partial charge in [0.15, 0.2) is 0 Å². The van der Waals surface area contributed by atoms with Crippen molar-refractivity contribution in [1.82, 2.24) is 4.90 Å². The van der Waals surface area contributed by atoms with E-state index in [1.807, 2.05) is 31.9 Å². The summed E-state index contributed by atoms with van der Waals surface area (Å²) in [7, 11) is 1.92. The highest BCUT2D eigenvalue weighted by Gasteiger charge is 2.44. The molecule has 3 rings (SSSR count). The average Bonchev–Trinajstić information content (AvgIpc) is 2.66. The van der Waals surface area contributed by atoms with Crippen LogP contribution in [0.1, 0.15) is 60.7 Å². The minimum atomic E-state index is -4.87. The number of nitrogens with zero attached hydrogens (tertiary/aromatic N) is 2. The van der Waals surface area contributed by atoms with E-state index in [2.05, 4.69) is 0 Å². The van der Waals surface area contributed by atoms with Crippen LogP contribution in [0, 0.1) is 0 Å². The highest BCUT2D eigenvalue weighted by Crippen LogP contribution is 2.38. The second-order valence-corrected chi connectivity index (χ2v) is 8.59. The minimum Gasteiger partial charge on any atom is -0.490 e. The zero-order valence-corrected chi connectivity index (χ0v) is 18.6. The molecule has 1 aliphatic rings. The molecule has 1 aliphatic heterocycles. The van der Waals surface area contributed by atoms with Gasteiger partial charge < -0.3 is 9.64 Å². The normalized spacial score (nSPS) is 14.6. The van der Waals surface area contributed by atoms with Crippen LogP contribution in [0.25, 0.3) is 0 Å². The maximum atomic E-state index is 14.2. The van der Waals surface area contributed by atoms with E-state index in [9.17, 15) is 18.0 Å². The fourth-order valence-electron chi connectivity index (χ4n) is 3.85. The fraction of sp³-hybridized carbons (Fsp3) is 0.458. The maximum absolute atomic E-state index is 14.2. The quantitative estimate of drug-likeness (QED) is 0.562. The predicted octanol–water partition coefficient (Wildman–Crippen LogP) is 5.75. The number of fused-ring (bicyclic) bond motifs is 1. The zero-order valence-electron chi connectivity index (χ0n) is 18.6. The third-order valence-electron chi connectivity index (χ3n) is 5.40. The molecule has 4 nitrogen and oxygen atoms in total. The molecule has 0 atom stereocenters. The molecule has 1 heterocycles. The summed E-state index contributed by atoms with van der Waals surface area (Å²) in [6.07, 6.45) is -4.71. The van der Waals surface area contributed by atoms with Crippen LogP contribution >= 0.6 is 0 Å². The van der Waals surface area contributed by atoms with Gasteiger partial charge in [-0.05, 0) is 68.1 Å². The molecular weight excluding hydrogens is 405 g/mol. The molecule has 0 radical (unpaired) electrons. The molecule has 1 amide bonds. The van der Waals surface area contributed by atoms with Crippen LogP contribution in [0.2, 0.25) is 0 Å². The summed E-state index contributed by atoms with van der Waals surface area (Å²) in [4.78, 5) is 15.4. The summed E-state index contributed by atoms with van der Waals surface area (Å²) >= 11 is 0. The van der Waals surface area contributed by atoms with Crippen molar-refractivity contribution in [1.29, 1.82) is 0 Å². The lowest BCUT2D eigenvalue weighted by Gasteiger charge is -2.32. The number of likely N-dealkylation sites (N-methyl/N-ethyl adjacent to an activating group) is 1. The van der Waals surface area contributed by atoms with Crippen molar-refractivity contribution in [2.75, 3.05) is 18.5 Å². The summed E-state index contributed by atoms with van der Waals surface area (Å²) in [5, 5.41) is 0. The van der Waals surface area contributed by atoms with E-state index in [0.717, 1.165) is 11.1 Å². The van der Waals surface area contributed by atoms with Gasteiger partial charge in [-0.15, -0.1) is 13.2 Å². The summed E-state index contributed by atoms with van der Waals surface area (Å²) in [6, 6.07) is 9.57. The number of hydrogen-bond donors (Lipinski definition) is 0. The number of benzene rings is 2. The molecule has 0 aromatic heterocycles. The number of amides is 1. The molecule has 0 bridgehead atoms. The first-order valence-corrected chi connectivity index (χ1v) is 10.5. The van der Waals surface area contributed by atoms with Gasteiger partial charge in [0, 0.05) is 13.1 Å². The Morgan fingerprint density at radius 3 is 2.45 bits per heavy atom. The van der Waals surface area contributed by atoms with Crippen LogP contribution in [0.15, 0.2) is 36.4 Å². The van der Waals surface area contributed by atoms with E-state index in [4.69, 9.17) is 4.74 Å². The van der Waals surface area contributed by atoms with E-state index in [1.54, 1.807) is 32.0 Å². The Morgan fingerprint density at radius 2 is 1.84 bits per heavy atom. The van der Waals surface area contributed by atoms with E-state index < -0.39 is 12.2 Å². The number of alkyl halides is 3. The number of carbonyl (C=O) groups is 1. The average molecular weight is 435 g/mol. The number of ether oxygens (including phenoxy) is 1. The van der Waals surface area contributed by atoms with Crippen LogP contribution in [0.5, 0.6) is 5.75 Å². The summed E-state index contributed by atoms with van der Waals surface area (Å²) in [6.45, 7) is 8.70. The molecule has 0 unspecified atom stereocenters. The first-order chi connectivity index (χ1) is 14.5. The SMILES string of the molecule is CC(C)Oc1cc(C(C)C)ccc1C(=O)N(c1cccc2c1CCN(C)C2)C(F)(F)F. The Morgan fingerprint density at radius 1 is 1.13 bits per heavy atom. The summed E-state index contributed by atoms with van der Waals surface area (Å²) in [5.74, 6) is -0.814. The van der Waals surface area contributed by atoms with Crippen LogP contribution in [0.4, 0.5) is 18.9 Å². The van der Waals surface area contributed by atoms with Crippen molar-refractivity contribution in [2.45, 2.75) is 59.0 Å². The fourth-order valence-corrected chi connectivity index (χ4v) is 3.85. The smallest absolute Gasteiger partial charge is 0.490 e. The summed E-state index contributed by atoms with van der Waals surface area (Å²) in [5.41, 5.74) is 2.07. The van der Waals surface area contributed by atoms with Crippen LogP contribution in [-0.4, -0.2) is 36.8 Å². The van der Waals surface area contributed by atoms with E-state index in [0.29, 0.717) is 25.1 Å². The van der Waals surface area contributed by atoms with Crippen molar-refractivity contribution in [3.63, 3.8) is 0 Å². The van der Waals surface area contributed by atoms with E-state index >= 15 is 0 Å². The first-order valence-electron chi connectivity index (χ1n) is 10.5. The predicted molar refractivity (Wildman–Crippen MR) is 116 cm³/mol. The number of halogens is 3. The van der Waals surface area contributed by atoms with Gasteiger partial charge in [0.1, 0.15) is 5.75 Å². The highest BCUT2D eigenvalue weighted by molar-refractivity contribution is 6.08. The zero-order chi connectivity index (χ0) is 22.9. The largest absolute Gasteiger partial charge is 0.491 e. The van der Waals surface area contributed by atoms with Crippen molar-refractivity contribution < 1.29 is 22.7 Å². The molecular formula is C24H29F3N2O2. The van der Waals surface area contributed by atoms with Crippen molar-refractivity contribution in [3.8, 4) is 5.75 Å². The molecule has 168 valence electrons. The Hall–Kier alpha value is -2.54.